The first-order valence-electron chi connectivity index (χ1n) is 7.81. The maximum atomic E-state index is 11.4. The van der Waals surface area contributed by atoms with E-state index in [0.29, 0.717) is 17.2 Å². The predicted octanol–water partition coefficient (Wildman–Crippen LogP) is 4.76. The summed E-state index contributed by atoms with van der Waals surface area (Å²) in [5, 5.41) is 9.90. The highest BCUT2D eigenvalue weighted by molar-refractivity contribution is 6.30. The van der Waals surface area contributed by atoms with Gasteiger partial charge >= 0.3 is 5.97 Å². The van der Waals surface area contributed by atoms with Crippen LogP contribution in [-0.4, -0.2) is 17.2 Å². The lowest BCUT2D eigenvalue weighted by molar-refractivity contribution is -0.145. The fourth-order valence-corrected chi connectivity index (χ4v) is 2.50. The van der Waals surface area contributed by atoms with Gasteiger partial charge in [-0.1, -0.05) is 55.3 Å². The van der Waals surface area contributed by atoms with Crippen molar-refractivity contribution in [1.29, 1.82) is 0 Å². The van der Waals surface area contributed by atoms with Crippen LogP contribution in [0.4, 0.5) is 0 Å². The molecule has 0 saturated carbocycles. The molecule has 2 aromatic carbocycles. The van der Waals surface area contributed by atoms with Crippen molar-refractivity contribution in [2.45, 2.75) is 38.7 Å². The van der Waals surface area contributed by atoms with Crippen molar-refractivity contribution >= 4 is 17.6 Å². The third kappa shape index (κ3) is 5.61. The Hall–Kier alpha value is -2.00. The fraction of sp³-hybridized carbons (Fsp3) is 0.316. The standard InChI is InChI=1S/C19H21ClO3/c1-2-3-5-14-8-10-15(11-9-14)12-18(19(21)22)23-17-7-4-6-16(20)13-17/h4,6-11,13,18H,2-3,5,12H2,1H3,(H,21,22)/t18-/m0/s1. The minimum atomic E-state index is -0.986. The van der Waals surface area contributed by atoms with E-state index in [9.17, 15) is 9.90 Å². The number of aliphatic carboxylic acids is 1. The lowest BCUT2D eigenvalue weighted by Gasteiger charge is -2.15. The van der Waals surface area contributed by atoms with E-state index in [-0.39, 0.29) is 0 Å². The summed E-state index contributed by atoms with van der Waals surface area (Å²) in [5.74, 6) is -0.524. The molecule has 0 aliphatic carbocycles. The summed E-state index contributed by atoms with van der Waals surface area (Å²) in [6.07, 6.45) is 2.76. The summed E-state index contributed by atoms with van der Waals surface area (Å²) in [6, 6.07) is 14.8. The number of benzene rings is 2. The second-order valence-electron chi connectivity index (χ2n) is 5.53. The first-order valence-corrected chi connectivity index (χ1v) is 8.19. The van der Waals surface area contributed by atoms with Crippen LogP contribution < -0.4 is 4.74 Å². The van der Waals surface area contributed by atoms with Crippen LogP contribution in [0.5, 0.6) is 5.75 Å². The minimum absolute atomic E-state index is 0.315. The Kier molecular flexibility index (Phi) is 6.48. The van der Waals surface area contributed by atoms with Gasteiger partial charge in [0.1, 0.15) is 5.75 Å². The third-order valence-corrected chi connectivity index (χ3v) is 3.85. The third-order valence-electron chi connectivity index (χ3n) is 3.61. The van der Waals surface area contributed by atoms with Gasteiger partial charge in [0.2, 0.25) is 0 Å². The molecule has 0 radical (unpaired) electrons. The Morgan fingerprint density at radius 2 is 1.87 bits per heavy atom. The molecule has 0 unspecified atom stereocenters. The van der Waals surface area contributed by atoms with E-state index in [1.54, 1.807) is 24.3 Å². The van der Waals surface area contributed by atoms with Crippen LogP contribution in [-0.2, 0) is 17.6 Å². The summed E-state index contributed by atoms with van der Waals surface area (Å²) in [5.41, 5.74) is 2.22. The van der Waals surface area contributed by atoms with Crippen LogP contribution in [0.3, 0.4) is 0 Å². The Balaban J connectivity index is 2.03. The van der Waals surface area contributed by atoms with Crippen LogP contribution in [0, 0.1) is 0 Å². The van der Waals surface area contributed by atoms with Crippen molar-refractivity contribution < 1.29 is 14.6 Å². The highest BCUT2D eigenvalue weighted by atomic mass is 35.5. The van der Waals surface area contributed by atoms with Gasteiger partial charge < -0.3 is 9.84 Å². The molecule has 1 atom stereocenters. The molecule has 0 fully saturated rings. The van der Waals surface area contributed by atoms with Crippen molar-refractivity contribution in [2.75, 3.05) is 0 Å². The molecule has 122 valence electrons. The molecule has 3 nitrogen and oxygen atoms in total. The zero-order valence-corrected chi connectivity index (χ0v) is 13.9. The van der Waals surface area contributed by atoms with E-state index in [1.165, 1.54) is 5.56 Å². The molecular weight excluding hydrogens is 312 g/mol. The minimum Gasteiger partial charge on any atom is -0.478 e. The van der Waals surface area contributed by atoms with Gasteiger partial charge in [-0.15, -0.1) is 0 Å². The van der Waals surface area contributed by atoms with Gasteiger partial charge in [0, 0.05) is 11.4 Å². The van der Waals surface area contributed by atoms with Crippen molar-refractivity contribution in [1.82, 2.24) is 0 Å². The van der Waals surface area contributed by atoms with Crippen LogP contribution >= 0.6 is 11.6 Å². The summed E-state index contributed by atoms with van der Waals surface area (Å²) >= 11 is 5.90. The SMILES string of the molecule is CCCCc1ccc(C[C@H](Oc2cccc(Cl)c2)C(=O)O)cc1. The van der Waals surface area contributed by atoms with E-state index < -0.39 is 12.1 Å². The average Bonchev–Trinajstić information content (AvgIpc) is 2.53. The number of halogens is 1. The molecule has 0 amide bonds. The Labute approximate surface area is 141 Å². The molecule has 2 aromatic rings. The van der Waals surface area contributed by atoms with E-state index in [4.69, 9.17) is 16.3 Å². The maximum absolute atomic E-state index is 11.4. The van der Waals surface area contributed by atoms with Gasteiger partial charge in [-0.25, -0.2) is 4.79 Å². The highest BCUT2D eigenvalue weighted by Crippen LogP contribution is 2.20. The second-order valence-corrected chi connectivity index (χ2v) is 5.96. The molecule has 4 heteroatoms. The van der Waals surface area contributed by atoms with Gasteiger partial charge in [0.15, 0.2) is 6.10 Å². The number of aryl methyl sites for hydroxylation is 1. The average molecular weight is 333 g/mol. The molecule has 0 bridgehead atoms. The van der Waals surface area contributed by atoms with Crippen molar-refractivity contribution in [3.63, 3.8) is 0 Å². The number of carboxylic acid groups (broad SMARTS) is 1. The zero-order chi connectivity index (χ0) is 16.7. The summed E-state index contributed by atoms with van der Waals surface area (Å²) in [6.45, 7) is 2.17. The Bertz CT molecular complexity index is 637. The molecule has 0 aromatic heterocycles. The number of rotatable bonds is 8. The van der Waals surface area contributed by atoms with E-state index in [2.05, 4.69) is 19.1 Å². The van der Waals surface area contributed by atoms with Crippen LogP contribution in [0.25, 0.3) is 0 Å². The molecule has 0 aliphatic rings. The lowest BCUT2D eigenvalue weighted by Crippen LogP contribution is -2.29. The topological polar surface area (TPSA) is 46.5 Å². The number of carboxylic acids is 1. The van der Waals surface area contributed by atoms with Gasteiger partial charge in [-0.2, -0.15) is 0 Å². The first kappa shape index (κ1) is 17.4. The molecule has 2 rings (SSSR count). The first-order chi connectivity index (χ1) is 11.1. The molecule has 0 saturated heterocycles. The quantitative estimate of drug-likeness (QED) is 0.758. The normalized spacial score (nSPS) is 11.9. The number of hydrogen-bond donors (Lipinski definition) is 1. The van der Waals surface area contributed by atoms with Crippen LogP contribution in [0.15, 0.2) is 48.5 Å². The molecule has 0 spiro atoms. The van der Waals surface area contributed by atoms with Crippen molar-refractivity contribution in [3.8, 4) is 5.75 Å². The maximum Gasteiger partial charge on any atom is 0.345 e. The molecule has 0 aliphatic heterocycles. The summed E-state index contributed by atoms with van der Waals surface area (Å²) < 4.78 is 5.57. The van der Waals surface area contributed by atoms with E-state index in [0.717, 1.165) is 24.8 Å². The molecule has 1 N–H and O–H groups in total. The van der Waals surface area contributed by atoms with Crippen LogP contribution in [0.2, 0.25) is 5.02 Å². The predicted molar refractivity (Wildman–Crippen MR) is 92.3 cm³/mol. The van der Waals surface area contributed by atoms with E-state index in [1.807, 2.05) is 12.1 Å². The fourth-order valence-electron chi connectivity index (χ4n) is 2.32. The Morgan fingerprint density at radius 1 is 1.17 bits per heavy atom. The largest absolute Gasteiger partial charge is 0.478 e. The van der Waals surface area contributed by atoms with Crippen molar-refractivity contribution in [3.05, 3.63) is 64.7 Å². The zero-order valence-electron chi connectivity index (χ0n) is 13.2. The Morgan fingerprint density at radius 3 is 2.48 bits per heavy atom. The molecule has 23 heavy (non-hydrogen) atoms. The lowest BCUT2D eigenvalue weighted by atomic mass is 10.0. The van der Waals surface area contributed by atoms with Gasteiger partial charge in [0.25, 0.3) is 0 Å². The number of hydrogen-bond acceptors (Lipinski definition) is 2. The van der Waals surface area contributed by atoms with Gasteiger partial charge in [-0.3, -0.25) is 0 Å². The molecule has 0 heterocycles. The van der Waals surface area contributed by atoms with Crippen molar-refractivity contribution in [2.24, 2.45) is 0 Å². The second kappa shape index (κ2) is 8.59. The highest BCUT2D eigenvalue weighted by Gasteiger charge is 2.20. The smallest absolute Gasteiger partial charge is 0.345 e. The van der Waals surface area contributed by atoms with Gasteiger partial charge in [0.05, 0.1) is 0 Å². The summed E-state index contributed by atoms with van der Waals surface area (Å²) in [7, 11) is 0. The monoisotopic (exact) mass is 332 g/mol. The molecular formula is C19H21ClO3. The number of unbranched alkanes of at least 4 members (excludes halogenated alkanes) is 1. The van der Waals surface area contributed by atoms with Crippen LogP contribution in [0.1, 0.15) is 30.9 Å². The van der Waals surface area contributed by atoms with Gasteiger partial charge in [-0.05, 0) is 42.2 Å². The summed E-state index contributed by atoms with van der Waals surface area (Å²) in [4.78, 5) is 11.4. The number of ether oxygens (including phenoxy) is 1. The number of carbonyl (C=O) groups is 1. The van der Waals surface area contributed by atoms with E-state index >= 15 is 0 Å².